The van der Waals surface area contributed by atoms with Gasteiger partial charge < -0.3 is 10.2 Å². The Bertz CT molecular complexity index is 524. The van der Waals surface area contributed by atoms with Gasteiger partial charge in [0, 0.05) is 5.39 Å². The largest absolute Gasteiger partial charge is 0.481 e. The van der Waals surface area contributed by atoms with E-state index in [9.17, 15) is 9.90 Å². The maximum absolute atomic E-state index is 10.5. The van der Waals surface area contributed by atoms with Crippen molar-refractivity contribution in [1.82, 2.24) is 4.98 Å². The van der Waals surface area contributed by atoms with E-state index in [4.69, 9.17) is 5.11 Å². The van der Waals surface area contributed by atoms with E-state index >= 15 is 0 Å². The highest BCUT2D eigenvalue weighted by atomic mass is 16.4. The Morgan fingerprint density at radius 3 is 2.75 bits per heavy atom. The van der Waals surface area contributed by atoms with Gasteiger partial charge in [-0.05, 0) is 12.1 Å². The van der Waals surface area contributed by atoms with Crippen LogP contribution in [0.3, 0.4) is 0 Å². The van der Waals surface area contributed by atoms with Gasteiger partial charge >= 0.3 is 5.97 Å². The van der Waals surface area contributed by atoms with E-state index < -0.39 is 12.1 Å². The second kappa shape index (κ2) is 4.28. The summed E-state index contributed by atoms with van der Waals surface area (Å²) in [5.74, 6) is -1.04. The van der Waals surface area contributed by atoms with Crippen LogP contribution in [0.4, 0.5) is 0 Å². The molecule has 0 aliphatic carbocycles. The van der Waals surface area contributed by atoms with E-state index in [2.05, 4.69) is 4.98 Å². The molecule has 82 valence electrons. The van der Waals surface area contributed by atoms with Crippen molar-refractivity contribution in [1.29, 1.82) is 0 Å². The number of aliphatic hydroxyl groups excluding tert-OH is 1. The van der Waals surface area contributed by atoms with E-state index in [0.29, 0.717) is 5.69 Å². The molecule has 1 heterocycles. The van der Waals surface area contributed by atoms with Crippen LogP contribution < -0.4 is 0 Å². The lowest BCUT2D eigenvalue weighted by Gasteiger charge is -2.08. The molecule has 2 aromatic rings. The molecule has 2 N–H and O–H groups in total. The summed E-state index contributed by atoms with van der Waals surface area (Å²) in [4.78, 5) is 14.7. The lowest BCUT2D eigenvalue weighted by molar-refractivity contribution is -0.139. The molecule has 1 aromatic carbocycles. The number of para-hydroxylation sites is 1. The SMILES string of the molecule is O=C(O)C[C@@H](O)c1ccc2ccccc2n1. The molecule has 0 aliphatic heterocycles. The van der Waals surface area contributed by atoms with Crippen LogP contribution in [0.5, 0.6) is 0 Å². The summed E-state index contributed by atoms with van der Waals surface area (Å²) in [6.07, 6.45) is -1.38. The van der Waals surface area contributed by atoms with Gasteiger partial charge in [-0.1, -0.05) is 24.3 Å². The number of nitrogens with zero attached hydrogens (tertiary/aromatic N) is 1. The van der Waals surface area contributed by atoms with Gasteiger partial charge in [0.15, 0.2) is 0 Å². The van der Waals surface area contributed by atoms with Crippen molar-refractivity contribution in [2.24, 2.45) is 0 Å². The first-order valence-corrected chi connectivity index (χ1v) is 4.92. The van der Waals surface area contributed by atoms with Crippen molar-refractivity contribution in [3.8, 4) is 0 Å². The Kier molecular flexibility index (Phi) is 2.83. The average molecular weight is 217 g/mol. The summed E-state index contributed by atoms with van der Waals surface area (Å²) < 4.78 is 0. The number of aliphatic hydroxyl groups is 1. The number of rotatable bonds is 3. The fourth-order valence-electron chi connectivity index (χ4n) is 1.54. The number of carbonyl (C=O) groups is 1. The first-order valence-electron chi connectivity index (χ1n) is 4.92. The number of fused-ring (bicyclic) bond motifs is 1. The van der Waals surface area contributed by atoms with E-state index in [1.165, 1.54) is 0 Å². The van der Waals surface area contributed by atoms with Crippen LogP contribution in [-0.2, 0) is 4.79 Å². The van der Waals surface area contributed by atoms with E-state index in [-0.39, 0.29) is 6.42 Å². The first-order chi connectivity index (χ1) is 7.66. The second-order valence-electron chi connectivity index (χ2n) is 3.54. The lowest BCUT2D eigenvalue weighted by atomic mass is 10.1. The third-order valence-corrected chi connectivity index (χ3v) is 2.33. The Morgan fingerprint density at radius 1 is 1.25 bits per heavy atom. The number of hydrogen-bond donors (Lipinski definition) is 2. The molecule has 2 rings (SSSR count). The Hall–Kier alpha value is -1.94. The Labute approximate surface area is 92.2 Å². The zero-order valence-corrected chi connectivity index (χ0v) is 8.50. The highest BCUT2D eigenvalue weighted by Crippen LogP contribution is 2.18. The van der Waals surface area contributed by atoms with Crippen LogP contribution in [-0.4, -0.2) is 21.2 Å². The number of benzene rings is 1. The molecule has 0 saturated heterocycles. The molecule has 4 nitrogen and oxygen atoms in total. The van der Waals surface area contributed by atoms with Crippen molar-refractivity contribution in [2.75, 3.05) is 0 Å². The molecule has 0 aliphatic rings. The number of carboxylic acid groups (broad SMARTS) is 1. The minimum Gasteiger partial charge on any atom is -0.481 e. The van der Waals surface area contributed by atoms with Gasteiger partial charge in [0.05, 0.1) is 17.6 Å². The standard InChI is InChI=1S/C12H11NO3/c14-11(7-12(15)16)10-6-5-8-3-1-2-4-9(8)13-10/h1-6,11,14H,7H2,(H,15,16)/t11-/m1/s1. The molecule has 1 atom stereocenters. The topological polar surface area (TPSA) is 70.4 Å². The minimum atomic E-state index is -1.05. The van der Waals surface area contributed by atoms with E-state index in [1.54, 1.807) is 6.07 Å². The summed E-state index contributed by atoms with van der Waals surface area (Å²) in [6, 6.07) is 11.0. The maximum Gasteiger partial charge on any atom is 0.306 e. The quantitative estimate of drug-likeness (QED) is 0.821. The fraction of sp³-hybridized carbons (Fsp3) is 0.167. The molecule has 0 fully saturated rings. The number of carboxylic acids is 1. The van der Waals surface area contributed by atoms with Crippen LogP contribution in [0.25, 0.3) is 10.9 Å². The third-order valence-electron chi connectivity index (χ3n) is 2.33. The summed E-state index contributed by atoms with van der Waals surface area (Å²) >= 11 is 0. The van der Waals surface area contributed by atoms with Crippen molar-refractivity contribution in [3.05, 3.63) is 42.1 Å². The zero-order chi connectivity index (χ0) is 11.5. The van der Waals surface area contributed by atoms with Crippen molar-refractivity contribution in [2.45, 2.75) is 12.5 Å². The van der Waals surface area contributed by atoms with Crippen molar-refractivity contribution >= 4 is 16.9 Å². The lowest BCUT2D eigenvalue weighted by Crippen LogP contribution is -2.07. The monoisotopic (exact) mass is 217 g/mol. The second-order valence-corrected chi connectivity index (χ2v) is 3.54. The third kappa shape index (κ3) is 2.17. The van der Waals surface area contributed by atoms with Crippen LogP contribution in [0, 0.1) is 0 Å². The normalized spacial score (nSPS) is 12.6. The molecule has 1 aromatic heterocycles. The van der Waals surface area contributed by atoms with Crippen molar-refractivity contribution < 1.29 is 15.0 Å². The minimum absolute atomic E-state index is 0.328. The molecular weight excluding hydrogens is 206 g/mol. The van der Waals surface area contributed by atoms with Gasteiger partial charge in [0.1, 0.15) is 6.10 Å². The number of aromatic nitrogens is 1. The van der Waals surface area contributed by atoms with E-state index in [1.807, 2.05) is 30.3 Å². The Morgan fingerprint density at radius 2 is 2.00 bits per heavy atom. The number of aliphatic carboxylic acids is 1. The average Bonchev–Trinajstić information content (AvgIpc) is 2.27. The summed E-state index contributed by atoms with van der Waals surface area (Å²) in [7, 11) is 0. The highest BCUT2D eigenvalue weighted by molar-refractivity contribution is 5.78. The first kappa shape index (κ1) is 10.6. The predicted octanol–water partition coefficient (Wildman–Crippen LogP) is 1.74. The zero-order valence-electron chi connectivity index (χ0n) is 8.50. The molecule has 16 heavy (non-hydrogen) atoms. The van der Waals surface area contributed by atoms with Gasteiger partial charge in [-0.25, -0.2) is 0 Å². The summed E-state index contributed by atoms with van der Waals surface area (Å²) in [6.45, 7) is 0. The van der Waals surface area contributed by atoms with Gasteiger partial charge in [0.2, 0.25) is 0 Å². The van der Waals surface area contributed by atoms with Crippen LogP contribution >= 0.6 is 0 Å². The smallest absolute Gasteiger partial charge is 0.306 e. The summed E-state index contributed by atoms with van der Waals surface area (Å²) in [5, 5.41) is 19.1. The molecule has 0 bridgehead atoms. The maximum atomic E-state index is 10.5. The highest BCUT2D eigenvalue weighted by Gasteiger charge is 2.13. The van der Waals surface area contributed by atoms with Gasteiger partial charge in [-0.3, -0.25) is 9.78 Å². The predicted molar refractivity (Wildman–Crippen MR) is 59.0 cm³/mol. The molecule has 0 amide bonds. The van der Waals surface area contributed by atoms with Gasteiger partial charge in [0.25, 0.3) is 0 Å². The molecular formula is C12H11NO3. The van der Waals surface area contributed by atoms with Crippen molar-refractivity contribution in [3.63, 3.8) is 0 Å². The molecule has 4 heteroatoms. The Balaban J connectivity index is 2.35. The van der Waals surface area contributed by atoms with E-state index in [0.717, 1.165) is 10.9 Å². The molecule has 0 spiro atoms. The van der Waals surface area contributed by atoms with Crippen LogP contribution in [0.1, 0.15) is 18.2 Å². The van der Waals surface area contributed by atoms with Gasteiger partial charge in [-0.2, -0.15) is 0 Å². The van der Waals surface area contributed by atoms with Gasteiger partial charge in [-0.15, -0.1) is 0 Å². The molecule has 0 radical (unpaired) electrons. The molecule has 0 saturated carbocycles. The number of pyridine rings is 1. The summed E-state index contributed by atoms with van der Waals surface area (Å²) in [5.41, 5.74) is 1.14. The van der Waals surface area contributed by atoms with Crippen LogP contribution in [0.2, 0.25) is 0 Å². The fourth-order valence-corrected chi connectivity index (χ4v) is 1.54. The van der Waals surface area contributed by atoms with Crippen LogP contribution in [0.15, 0.2) is 36.4 Å². The molecule has 0 unspecified atom stereocenters. The number of hydrogen-bond acceptors (Lipinski definition) is 3.